The molecule has 0 spiro atoms. The lowest BCUT2D eigenvalue weighted by Crippen LogP contribution is -2.04. The fourth-order valence-electron chi connectivity index (χ4n) is 1.64. The standard InChI is InChI=1S/C12H15N3/c1-2-10-3-4-11(8-13)12(7-10)15-6-5-14-9-15/h3-7,9H,2,8,13H2,1H3. The third-order valence-electron chi connectivity index (χ3n) is 2.56. The van der Waals surface area contributed by atoms with Crippen molar-refractivity contribution in [3.63, 3.8) is 0 Å². The van der Waals surface area contributed by atoms with Gasteiger partial charge in [-0.3, -0.25) is 0 Å². The van der Waals surface area contributed by atoms with E-state index in [1.165, 1.54) is 5.56 Å². The van der Waals surface area contributed by atoms with Crippen LogP contribution in [0.5, 0.6) is 0 Å². The SMILES string of the molecule is CCc1ccc(CN)c(-n2ccnc2)c1. The number of hydrogen-bond donors (Lipinski definition) is 1. The fourth-order valence-corrected chi connectivity index (χ4v) is 1.64. The summed E-state index contributed by atoms with van der Waals surface area (Å²) in [6, 6.07) is 6.39. The van der Waals surface area contributed by atoms with Gasteiger partial charge in [-0.2, -0.15) is 0 Å². The molecular weight excluding hydrogens is 186 g/mol. The quantitative estimate of drug-likeness (QED) is 0.824. The predicted octanol–water partition coefficient (Wildman–Crippen LogP) is 1.89. The molecule has 0 amide bonds. The summed E-state index contributed by atoms with van der Waals surface area (Å²) < 4.78 is 2.00. The van der Waals surface area contributed by atoms with Gasteiger partial charge in [0, 0.05) is 18.9 Å². The predicted molar refractivity (Wildman–Crippen MR) is 60.8 cm³/mol. The minimum absolute atomic E-state index is 0.553. The van der Waals surface area contributed by atoms with Crippen LogP contribution in [0.25, 0.3) is 5.69 Å². The van der Waals surface area contributed by atoms with Gasteiger partial charge in [-0.15, -0.1) is 0 Å². The topological polar surface area (TPSA) is 43.8 Å². The van der Waals surface area contributed by atoms with Crippen molar-refractivity contribution in [3.8, 4) is 5.69 Å². The van der Waals surface area contributed by atoms with E-state index >= 15 is 0 Å². The molecule has 15 heavy (non-hydrogen) atoms. The lowest BCUT2D eigenvalue weighted by atomic mass is 10.1. The largest absolute Gasteiger partial charge is 0.326 e. The number of nitrogens with two attached hydrogens (primary N) is 1. The van der Waals surface area contributed by atoms with Gasteiger partial charge in [-0.1, -0.05) is 19.1 Å². The molecule has 0 atom stereocenters. The molecule has 1 heterocycles. The van der Waals surface area contributed by atoms with Crippen LogP contribution in [0, 0.1) is 0 Å². The zero-order chi connectivity index (χ0) is 10.7. The second kappa shape index (κ2) is 4.28. The van der Waals surface area contributed by atoms with Gasteiger partial charge in [0.1, 0.15) is 0 Å². The summed E-state index contributed by atoms with van der Waals surface area (Å²) in [5.74, 6) is 0. The summed E-state index contributed by atoms with van der Waals surface area (Å²) in [4.78, 5) is 4.05. The van der Waals surface area contributed by atoms with Crippen LogP contribution in [-0.4, -0.2) is 9.55 Å². The van der Waals surface area contributed by atoms with E-state index in [0.717, 1.165) is 17.7 Å². The van der Waals surface area contributed by atoms with E-state index in [9.17, 15) is 0 Å². The molecule has 3 heteroatoms. The second-order valence-corrected chi connectivity index (χ2v) is 3.49. The van der Waals surface area contributed by atoms with E-state index in [1.54, 1.807) is 12.5 Å². The number of nitrogens with zero attached hydrogens (tertiary/aromatic N) is 2. The molecule has 0 bridgehead atoms. The normalized spacial score (nSPS) is 10.5. The molecule has 2 aromatic rings. The molecule has 0 aliphatic carbocycles. The van der Waals surface area contributed by atoms with E-state index in [0.29, 0.717) is 6.54 Å². The summed E-state index contributed by atoms with van der Waals surface area (Å²) in [5, 5.41) is 0. The van der Waals surface area contributed by atoms with E-state index < -0.39 is 0 Å². The Labute approximate surface area is 89.6 Å². The van der Waals surface area contributed by atoms with Crippen LogP contribution >= 0.6 is 0 Å². The van der Waals surface area contributed by atoms with E-state index in [4.69, 9.17) is 5.73 Å². The molecular formula is C12H15N3. The average Bonchev–Trinajstić information content (AvgIpc) is 2.81. The first kappa shape index (κ1) is 9.93. The van der Waals surface area contributed by atoms with Crippen LogP contribution < -0.4 is 5.73 Å². The smallest absolute Gasteiger partial charge is 0.0991 e. The van der Waals surface area contributed by atoms with Crippen molar-refractivity contribution in [1.29, 1.82) is 0 Å². The van der Waals surface area contributed by atoms with Crippen LogP contribution in [0.3, 0.4) is 0 Å². The Morgan fingerprint density at radius 1 is 1.40 bits per heavy atom. The summed E-state index contributed by atoms with van der Waals surface area (Å²) in [6.45, 7) is 2.70. The Morgan fingerprint density at radius 3 is 2.87 bits per heavy atom. The number of hydrogen-bond acceptors (Lipinski definition) is 2. The molecule has 1 aromatic heterocycles. The number of aromatic nitrogens is 2. The van der Waals surface area contributed by atoms with Crippen LogP contribution in [0.1, 0.15) is 18.1 Å². The van der Waals surface area contributed by atoms with Gasteiger partial charge in [-0.05, 0) is 23.6 Å². The van der Waals surface area contributed by atoms with Crippen molar-refractivity contribution in [2.45, 2.75) is 19.9 Å². The number of rotatable bonds is 3. The maximum Gasteiger partial charge on any atom is 0.0991 e. The Morgan fingerprint density at radius 2 is 2.27 bits per heavy atom. The molecule has 0 saturated heterocycles. The highest BCUT2D eigenvalue weighted by Crippen LogP contribution is 2.16. The molecule has 3 nitrogen and oxygen atoms in total. The highest BCUT2D eigenvalue weighted by atomic mass is 15.0. The Balaban J connectivity index is 2.52. The third kappa shape index (κ3) is 1.92. The minimum atomic E-state index is 0.553. The van der Waals surface area contributed by atoms with E-state index in [2.05, 4.69) is 30.1 Å². The Kier molecular flexibility index (Phi) is 2.83. The van der Waals surface area contributed by atoms with Gasteiger partial charge >= 0.3 is 0 Å². The zero-order valence-electron chi connectivity index (χ0n) is 8.85. The van der Waals surface area contributed by atoms with Crippen LogP contribution in [0.4, 0.5) is 0 Å². The molecule has 0 aliphatic rings. The highest BCUT2D eigenvalue weighted by molar-refractivity contribution is 5.44. The lowest BCUT2D eigenvalue weighted by Gasteiger charge is -2.10. The second-order valence-electron chi connectivity index (χ2n) is 3.49. The first-order valence-corrected chi connectivity index (χ1v) is 5.15. The van der Waals surface area contributed by atoms with Crippen LogP contribution in [-0.2, 0) is 13.0 Å². The Hall–Kier alpha value is -1.61. The summed E-state index contributed by atoms with van der Waals surface area (Å²) in [5.41, 5.74) is 9.31. The monoisotopic (exact) mass is 201 g/mol. The Bertz CT molecular complexity index is 432. The number of benzene rings is 1. The molecule has 0 fully saturated rings. The van der Waals surface area contributed by atoms with E-state index in [-0.39, 0.29) is 0 Å². The highest BCUT2D eigenvalue weighted by Gasteiger charge is 2.03. The fraction of sp³-hybridized carbons (Fsp3) is 0.250. The van der Waals surface area contributed by atoms with Crippen LogP contribution in [0.15, 0.2) is 36.9 Å². The van der Waals surface area contributed by atoms with Crippen molar-refractivity contribution in [3.05, 3.63) is 48.0 Å². The van der Waals surface area contributed by atoms with E-state index in [1.807, 2.05) is 10.8 Å². The molecule has 0 aliphatic heterocycles. The number of imidazole rings is 1. The van der Waals surface area contributed by atoms with Crippen molar-refractivity contribution >= 4 is 0 Å². The van der Waals surface area contributed by atoms with Gasteiger partial charge < -0.3 is 10.3 Å². The summed E-state index contributed by atoms with van der Waals surface area (Å²) in [7, 11) is 0. The summed E-state index contributed by atoms with van der Waals surface area (Å²) in [6.07, 6.45) is 6.55. The van der Waals surface area contributed by atoms with Gasteiger partial charge in [-0.25, -0.2) is 4.98 Å². The van der Waals surface area contributed by atoms with Gasteiger partial charge in [0.25, 0.3) is 0 Å². The third-order valence-corrected chi connectivity index (χ3v) is 2.56. The average molecular weight is 201 g/mol. The molecule has 1 aromatic carbocycles. The lowest BCUT2D eigenvalue weighted by molar-refractivity contribution is 0.972. The first-order chi connectivity index (χ1) is 7.35. The molecule has 0 saturated carbocycles. The van der Waals surface area contributed by atoms with Crippen molar-refractivity contribution in [2.24, 2.45) is 5.73 Å². The zero-order valence-corrected chi connectivity index (χ0v) is 8.85. The first-order valence-electron chi connectivity index (χ1n) is 5.15. The van der Waals surface area contributed by atoms with Crippen molar-refractivity contribution in [2.75, 3.05) is 0 Å². The molecule has 78 valence electrons. The van der Waals surface area contributed by atoms with Gasteiger partial charge in [0.15, 0.2) is 0 Å². The molecule has 0 radical (unpaired) electrons. The van der Waals surface area contributed by atoms with Gasteiger partial charge in [0.05, 0.1) is 12.0 Å². The molecule has 2 rings (SSSR count). The maximum atomic E-state index is 5.71. The molecule has 2 N–H and O–H groups in total. The maximum absolute atomic E-state index is 5.71. The molecule has 0 unspecified atom stereocenters. The number of aryl methyl sites for hydroxylation is 1. The van der Waals surface area contributed by atoms with Crippen LogP contribution in [0.2, 0.25) is 0 Å². The van der Waals surface area contributed by atoms with Crippen molar-refractivity contribution in [1.82, 2.24) is 9.55 Å². The minimum Gasteiger partial charge on any atom is -0.326 e. The van der Waals surface area contributed by atoms with Crippen molar-refractivity contribution < 1.29 is 0 Å². The van der Waals surface area contributed by atoms with Gasteiger partial charge in [0.2, 0.25) is 0 Å². The summed E-state index contributed by atoms with van der Waals surface area (Å²) >= 11 is 0.